The molecule has 4 rings (SSSR count). The fourth-order valence-corrected chi connectivity index (χ4v) is 4.31. The predicted molar refractivity (Wildman–Crippen MR) is 130 cm³/mol. The SMILES string of the molecule is Cc1c(Cl)cc(C(C)c2nc(C)c3c(N)nccn23)c(OC(C)C)c1-c1ccc(C#N)nc1. The first-order chi connectivity index (χ1) is 15.7. The molecule has 3 heterocycles. The monoisotopic (exact) mass is 460 g/mol. The first-order valence-electron chi connectivity index (χ1n) is 10.7. The zero-order chi connectivity index (χ0) is 23.9. The molecule has 0 aliphatic carbocycles. The number of nitrogens with two attached hydrogens (primary N) is 1. The van der Waals surface area contributed by atoms with Crippen molar-refractivity contribution in [1.82, 2.24) is 19.4 Å². The summed E-state index contributed by atoms with van der Waals surface area (Å²) in [5.74, 6) is 1.81. The molecule has 0 fully saturated rings. The lowest BCUT2D eigenvalue weighted by atomic mass is 9.91. The van der Waals surface area contributed by atoms with Gasteiger partial charge < -0.3 is 10.5 Å². The zero-order valence-corrected chi connectivity index (χ0v) is 20.0. The molecular formula is C25H25ClN6O. The maximum atomic E-state index is 9.14. The fraction of sp³-hybridized carbons (Fsp3) is 0.280. The highest BCUT2D eigenvalue weighted by Crippen LogP contribution is 2.44. The van der Waals surface area contributed by atoms with Crippen LogP contribution in [0.5, 0.6) is 5.75 Å². The molecule has 7 nitrogen and oxygen atoms in total. The average molecular weight is 461 g/mol. The van der Waals surface area contributed by atoms with Crippen molar-refractivity contribution in [3.8, 4) is 22.9 Å². The van der Waals surface area contributed by atoms with E-state index in [1.165, 1.54) is 0 Å². The largest absolute Gasteiger partial charge is 0.490 e. The van der Waals surface area contributed by atoms with Crippen LogP contribution in [0.15, 0.2) is 36.8 Å². The summed E-state index contributed by atoms with van der Waals surface area (Å²) >= 11 is 6.73. The Morgan fingerprint density at radius 1 is 1.18 bits per heavy atom. The third kappa shape index (κ3) is 3.98. The maximum Gasteiger partial charge on any atom is 0.149 e. The minimum absolute atomic E-state index is 0.0692. The second-order valence-electron chi connectivity index (χ2n) is 8.30. The molecule has 0 saturated heterocycles. The van der Waals surface area contributed by atoms with Crippen molar-refractivity contribution >= 4 is 22.9 Å². The summed E-state index contributed by atoms with van der Waals surface area (Å²) in [5.41, 5.74) is 11.5. The van der Waals surface area contributed by atoms with Crippen LogP contribution in [0.4, 0.5) is 5.82 Å². The Bertz CT molecular complexity index is 1390. The Morgan fingerprint density at radius 2 is 1.94 bits per heavy atom. The van der Waals surface area contributed by atoms with Crippen molar-refractivity contribution in [2.45, 2.75) is 46.6 Å². The third-order valence-corrected chi connectivity index (χ3v) is 6.06. The number of rotatable bonds is 5. The van der Waals surface area contributed by atoms with Gasteiger partial charge in [-0.1, -0.05) is 18.5 Å². The van der Waals surface area contributed by atoms with Crippen LogP contribution in [-0.4, -0.2) is 25.5 Å². The topological polar surface area (TPSA) is 102 Å². The van der Waals surface area contributed by atoms with Gasteiger partial charge in [0.25, 0.3) is 0 Å². The summed E-state index contributed by atoms with van der Waals surface area (Å²) in [6.07, 6.45) is 5.14. The number of aromatic nitrogens is 4. The number of benzene rings is 1. The number of fused-ring (bicyclic) bond motifs is 1. The minimum Gasteiger partial charge on any atom is -0.490 e. The number of nitrogen functional groups attached to an aromatic ring is 1. The molecule has 1 aromatic carbocycles. The van der Waals surface area contributed by atoms with E-state index in [2.05, 4.69) is 23.0 Å². The van der Waals surface area contributed by atoms with Crippen molar-refractivity contribution in [3.63, 3.8) is 0 Å². The number of halogens is 1. The van der Waals surface area contributed by atoms with Crippen molar-refractivity contribution < 1.29 is 4.74 Å². The van der Waals surface area contributed by atoms with Gasteiger partial charge in [0.2, 0.25) is 0 Å². The Labute approximate surface area is 197 Å². The summed E-state index contributed by atoms with van der Waals surface area (Å²) in [7, 11) is 0. The van der Waals surface area contributed by atoms with Gasteiger partial charge in [-0.2, -0.15) is 5.26 Å². The normalized spacial score (nSPS) is 12.2. The van der Waals surface area contributed by atoms with Gasteiger partial charge in [0, 0.05) is 46.2 Å². The summed E-state index contributed by atoms with van der Waals surface area (Å²) in [6, 6.07) is 7.57. The Balaban J connectivity index is 1.98. The molecule has 1 atom stereocenters. The molecule has 0 radical (unpaired) electrons. The van der Waals surface area contributed by atoms with Gasteiger partial charge in [-0.25, -0.2) is 15.0 Å². The maximum absolute atomic E-state index is 9.14. The van der Waals surface area contributed by atoms with E-state index >= 15 is 0 Å². The number of imidazole rings is 1. The van der Waals surface area contributed by atoms with Crippen LogP contribution in [0.25, 0.3) is 16.6 Å². The summed E-state index contributed by atoms with van der Waals surface area (Å²) in [4.78, 5) is 13.3. The van der Waals surface area contributed by atoms with Crippen LogP contribution in [0.1, 0.15) is 55.0 Å². The molecule has 33 heavy (non-hydrogen) atoms. The summed E-state index contributed by atoms with van der Waals surface area (Å²) < 4.78 is 8.35. The van der Waals surface area contributed by atoms with Crippen molar-refractivity contribution in [2.75, 3.05) is 5.73 Å². The van der Waals surface area contributed by atoms with Gasteiger partial charge >= 0.3 is 0 Å². The molecule has 2 N–H and O–H groups in total. The van der Waals surface area contributed by atoms with Crippen LogP contribution in [0, 0.1) is 25.2 Å². The number of hydrogen-bond donors (Lipinski definition) is 1. The molecular weight excluding hydrogens is 436 g/mol. The van der Waals surface area contributed by atoms with Crippen molar-refractivity contribution in [3.05, 3.63) is 70.2 Å². The Kier molecular flexibility index (Phi) is 5.96. The first kappa shape index (κ1) is 22.6. The van der Waals surface area contributed by atoms with Crippen molar-refractivity contribution in [2.24, 2.45) is 0 Å². The van der Waals surface area contributed by atoms with E-state index in [9.17, 15) is 0 Å². The summed E-state index contributed by atoms with van der Waals surface area (Å²) in [5, 5.41) is 9.76. The van der Waals surface area contributed by atoms with E-state index in [1.54, 1.807) is 18.5 Å². The van der Waals surface area contributed by atoms with Crippen LogP contribution in [0.3, 0.4) is 0 Å². The van der Waals surface area contributed by atoms with Crippen LogP contribution < -0.4 is 10.5 Å². The third-order valence-electron chi connectivity index (χ3n) is 5.66. The fourth-order valence-electron chi connectivity index (χ4n) is 4.10. The lowest BCUT2D eigenvalue weighted by molar-refractivity contribution is 0.240. The van der Waals surface area contributed by atoms with Gasteiger partial charge in [0.15, 0.2) is 0 Å². The Hall–Kier alpha value is -3.63. The van der Waals surface area contributed by atoms with E-state index in [0.717, 1.165) is 45.0 Å². The molecule has 8 heteroatoms. The molecule has 0 amide bonds. The molecule has 0 spiro atoms. The number of anilines is 1. The molecule has 168 valence electrons. The van der Waals surface area contributed by atoms with Gasteiger partial charge in [-0.3, -0.25) is 4.40 Å². The van der Waals surface area contributed by atoms with E-state index in [-0.39, 0.29) is 12.0 Å². The van der Waals surface area contributed by atoms with E-state index < -0.39 is 0 Å². The minimum atomic E-state index is -0.162. The Morgan fingerprint density at radius 3 is 2.58 bits per heavy atom. The molecule has 4 aromatic rings. The highest BCUT2D eigenvalue weighted by molar-refractivity contribution is 6.32. The summed E-state index contributed by atoms with van der Waals surface area (Å²) in [6.45, 7) is 9.92. The highest BCUT2D eigenvalue weighted by Gasteiger charge is 2.26. The van der Waals surface area contributed by atoms with Gasteiger partial charge in [0.1, 0.15) is 34.7 Å². The molecule has 1 unspecified atom stereocenters. The number of nitrogens with zero attached hydrogens (tertiary/aromatic N) is 5. The lowest BCUT2D eigenvalue weighted by Gasteiger charge is -2.24. The van der Waals surface area contributed by atoms with Crippen LogP contribution in [0.2, 0.25) is 5.02 Å². The number of pyridine rings is 1. The van der Waals surface area contributed by atoms with Gasteiger partial charge in [0.05, 0.1) is 11.8 Å². The number of aryl methyl sites for hydroxylation is 1. The number of ether oxygens (including phenoxy) is 1. The molecule has 0 saturated carbocycles. The number of hydrogen-bond acceptors (Lipinski definition) is 6. The molecule has 3 aromatic heterocycles. The standard InChI is InChI=1S/C25H25ClN6O/c1-13(2)33-23-19(14(3)25-31-16(5)22-24(28)29-8-9-32(22)25)10-20(26)15(4)21(23)17-6-7-18(11-27)30-12-17/h6-10,12-14H,1-5H3,(H2,28,29). The van der Waals surface area contributed by atoms with Crippen LogP contribution in [-0.2, 0) is 0 Å². The smallest absolute Gasteiger partial charge is 0.149 e. The van der Waals surface area contributed by atoms with Gasteiger partial charge in [-0.05, 0) is 51.5 Å². The van der Waals surface area contributed by atoms with E-state index in [0.29, 0.717) is 16.5 Å². The lowest BCUT2D eigenvalue weighted by Crippen LogP contribution is -2.12. The molecule has 0 aliphatic rings. The predicted octanol–water partition coefficient (Wildman–Crippen LogP) is 5.45. The molecule has 0 bridgehead atoms. The van der Waals surface area contributed by atoms with Gasteiger partial charge in [-0.15, -0.1) is 0 Å². The second-order valence-corrected chi connectivity index (χ2v) is 8.70. The van der Waals surface area contributed by atoms with Crippen molar-refractivity contribution in [1.29, 1.82) is 5.26 Å². The second kappa shape index (κ2) is 8.72. The highest BCUT2D eigenvalue weighted by atomic mass is 35.5. The van der Waals surface area contributed by atoms with E-state index in [1.807, 2.05) is 50.4 Å². The number of nitriles is 1. The first-order valence-corrected chi connectivity index (χ1v) is 11.1. The van der Waals surface area contributed by atoms with E-state index in [4.69, 9.17) is 32.3 Å². The molecule has 0 aliphatic heterocycles. The zero-order valence-electron chi connectivity index (χ0n) is 19.2. The average Bonchev–Trinajstić information content (AvgIpc) is 3.13. The quantitative estimate of drug-likeness (QED) is 0.424. The van der Waals surface area contributed by atoms with Crippen LogP contribution >= 0.6 is 11.6 Å².